The molecule has 3 aromatic carbocycles. The Morgan fingerprint density at radius 2 is 1.72 bits per heavy atom. The van der Waals surface area contributed by atoms with Crippen molar-refractivity contribution < 1.29 is 14.3 Å². The number of anilines is 1. The Labute approximate surface area is 178 Å². The van der Waals surface area contributed by atoms with Crippen molar-refractivity contribution in [3.8, 4) is 5.75 Å². The van der Waals surface area contributed by atoms with E-state index in [0.717, 1.165) is 26.5 Å². The molecule has 0 aliphatic rings. The molecule has 2 N–H and O–H groups in total. The van der Waals surface area contributed by atoms with Crippen LogP contribution in [0.3, 0.4) is 0 Å². The second kappa shape index (κ2) is 9.56. The van der Waals surface area contributed by atoms with Crippen LogP contribution in [0.5, 0.6) is 5.75 Å². The molecular formula is C23H23BrN2O3. The van der Waals surface area contributed by atoms with Crippen LogP contribution >= 0.6 is 15.9 Å². The third kappa shape index (κ3) is 5.57. The van der Waals surface area contributed by atoms with Crippen molar-refractivity contribution in [2.75, 3.05) is 11.9 Å². The van der Waals surface area contributed by atoms with Crippen molar-refractivity contribution in [2.24, 2.45) is 5.92 Å². The van der Waals surface area contributed by atoms with E-state index in [1.54, 1.807) is 0 Å². The van der Waals surface area contributed by atoms with Crippen LogP contribution in [0, 0.1) is 5.92 Å². The van der Waals surface area contributed by atoms with Gasteiger partial charge >= 0.3 is 0 Å². The predicted molar refractivity (Wildman–Crippen MR) is 119 cm³/mol. The summed E-state index contributed by atoms with van der Waals surface area (Å²) in [6.45, 7) is 4.01. The molecule has 0 atom stereocenters. The maximum atomic E-state index is 12.1. The van der Waals surface area contributed by atoms with E-state index in [1.807, 2.05) is 74.5 Å². The number of nitrogens with one attached hydrogen (secondary N) is 2. The van der Waals surface area contributed by atoms with Gasteiger partial charge < -0.3 is 15.4 Å². The lowest BCUT2D eigenvalue weighted by Gasteiger charge is -2.11. The number of halogens is 1. The zero-order chi connectivity index (χ0) is 20.8. The van der Waals surface area contributed by atoms with Crippen molar-refractivity contribution in [3.05, 3.63) is 70.7 Å². The molecule has 0 fully saturated rings. The van der Waals surface area contributed by atoms with Crippen LogP contribution in [0.1, 0.15) is 19.4 Å². The maximum absolute atomic E-state index is 12.1. The molecule has 150 valence electrons. The highest BCUT2D eigenvalue weighted by Gasteiger charge is 2.09. The Morgan fingerprint density at radius 3 is 2.45 bits per heavy atom. The highest BCUT2D eigenvalue weighted by molar-refractivity contribution is 9.10. The minimum Gasteiger partial charge on any atom is -0.483 e. The average molecular weight is 455 g/mol. The van der Waals surface area contributed by atoms with Crippen LogP contribution in [0.2, 0.25) is 0 Å². The van der Waals surface area contributed by atoms with E-state index in [1.165, 1.54) is 0 Å². The number of benzene rings is 3. The van der Waals surface area contributed by atoms with Gasteiger partial charge in [0.05, 0.1) is 4.47 Å². The van der Waals surface area contributed by atoms with E-state index < -0.39 is 0 Å². The second-order valence-corrected chi connectivity index (χ2v) is 7.80. The SMILES string of the molecule is CC(C)C(=O)Nc1ccc(CNC(=O)COc2ccc3ccccc3c2Br)cc1. The molecule has 0 saturated heterocycles. The molecule has 29 heavy (non-hydrogen) atoms. The molecule has 0 aliphatic heterocycles. The number of carbonyl (C=O) groups excluding carboxylic acids is 2. The maximum Gasteiger partial charge on any atom is 0.258 e. The highest BCUT2D eigenvalue weighted by Crippen LogP contribution is 2.32. The smallest absolute Gasteiger partial charge is 0.258 e. The topological polar surface area (TPSA) is 67.4 Å². The quantitative estimate of drug-likeness (QED) is 0.533. The summed E-state index contributed by atoms with van der Waals surface area (Å²) in [4.78, 5) is 23.9. The van der Waals surface area contributed by atoms with Crippen LogP contribution in [0.15, 0.2) is 65.1 Å². The van der Waals surface area contributed by atoms with E-state index in [9.17, 15) is 9.59 Å². The van der Waals surface area contributed by atoms with Crippen molar-refractivity contribution >= 4 is 44.2 Å². The first-order chi connectivity index (χ1) is 13.9. The van der Waals surface area contributed by atoms with Crippen LogP contribution in [-0.2, 0) is 16.1 Å². The molecule has 0 radical (unpaired) electrons. The first-order valence-corrected chi connectivity index (χ1v) is 10.2. The van der Waals surface area contributed by atoms with Crippen LogP contribution in [0.4, 0.5) is 5.69 Å². The van der Waals surface area contributed by atoms with Gasteiger partial charge in [-0.3, -0.25) is 9.59 Å². The summed E-state index contributed by atoms with van der Waals surface area (Å²) in [5, 5.41) is 7.82. The molecule has 5 nitrogen and oxygen atoms in total. The molecule has 2 amide bonds. The zero-order valence-electron chi connectivity index (χ0n) is 16.4. The van der Waals surface area contributed by atoms with E-state index in [-0.39, 0.29) is 24.3 Å². The Balaban J connectivity index is 1.50. The summed E-state index contributed by atoms with van der Waals surface area (Å²) in [7, 11) is 0. The van der Waals surface area contributed by atoms with Gasteiger partial charge in [0.25, 0.3) is 5.91 Å². The van der Waals surface area contributed by atoms with Gasteiger partial charge in [-0.2, -0.15) is 0 Å². The van der Waals surface area contributed by atoms with Gasteiger partial charge in [0, 0.05) is 18.2 Å². The van der Waals surface area contributed by atoms with Crippen molar-refractivity contribution in [1.29, 1.82) is 0 Å². The Bertz CT molecular complexity index is 1020. The molecule has 0 heterocycles. The third-order valence-electron chi connectivity index (χ3n) is 4.42. The van der Waals surface area contributed by atoms with Gasteiger partial charge in [-0.05, 0) is 50.5 Å². The lowest BCUT2D eigenvalue weighted by Crippen LogP contribution is -2.28. The van der Waals surface area contributed by atoms with Gasteiger partial charge in [0.1, 0.15) is 5.75 Å². The predicted octanol–water partition coefficient (Wildman–Crippen LogP) is 4.89. The van der Waals surface area contributed by atoms with Crippen LogP contribution in [-0.4, -0.2) is 18.4 Å². The molecule has 0 aliphatic carbocycles. The Hall–Kier alpha value is -2.86. The number of fused-ring (bicyclic) bond motifs is 1. The lowest BCUT2D eigenvalue weighted by molar-refractivity contribution is -0.123. The number of rotatable bonds is 7. The highest BCUT2D eigenvalue weighted by atomic mass is 79.9. The summed E-state index contributed by atoms with van der Waals surface area (Å²) in [5.41, 5.74) is 1.68. The molecule has 0 saturated carbocycles. The number of carbonyl (C=O) groups is 2. The van der Waals surface area contributed by atoms with Crippen molar-refractivity contribution in [2.45, 2.75) is 20.4 Å². The Kier molecular flexibility index (Phi) is 6.88. The normalized spacial score (nSPS) is 10.8. The van der Waals surface area contributed by atoms with Gasteiger partial charge in [-0.1, -0.05) is 56.3 Å². The first-order valence-electron chi connectivity index (χ1n) is 9.40. The molecule has 0 bridgehead atoms. The number of ether oxygens (including phenoxy) is 1. The fourth-order valence-electron chi connectivity index (χ4n) is 2.71. The van der Waals surface area contributed by atoms with Crippen LogP contribution < -0.4 is 15.4 Å². The summed E-state index contributed by atoms with van der Waals surface area (Å²) in [6, 6.07) is 19.2. The molecule has 3 aromatic rings. The molecule has 6 heteroatoms. The minimum absolute atomic E-state index is 0.0250. The number of hydrogen-bond acceptors (Lipinski definition) is 3. The van der Waals surface area contributed by atoms with E-state index in [2.05, 4.69) is 26.6 Å². The number of hydrogen-bond donors (Lipinski definition) is 2. The minimum atomic E-state index is -0.206. The first kappa shape index (κ1) is 20.9. The fourth-order valence-corrected chi connectivity index (χ4v) is 3.32. The molecule has 0 unspecified atom stereocenters. The summed E-state index contributed by atoms with van der Waals surface area (Å²) in [6.07, 6.45) is 0. The molecule has 3 rings (SSSR count). The summed E-state index contributed by atoms with van der Waals surface area (Å²) < 4.78 is 6.51. The van der Waals surface area contributed by atoms with E-state index in [0.29, 0.717) is 12.3 Å². The van der Waals surface area contributed by atoms with Crippen LogP contribution in [0.25, 0.3) is 10.8 Å². The third-order valence-corrected chi connectivity index (χ3v) is 5.24. The molecule has 0 aromatic heterocycles. The average Bonchev–Trinajstić information content (AvgIpc) is 2.73. The van der Waals surface area contributed by atoms with E-state index in [4.69, 9.17) is 4.74 Å². The zero-order valence-corrected chi connectivity index (χ0v) is 18.0. The largest absolute Gasteiger partial charge is 0.483 e. The van der Waals surface area contributed by atoms with Gasteiger partial charge in [-0.15, -0.1) is 0 Å². The number of amides is 2. The lowest BCUT2D eigenvalue weighted by atomic mass is 10.1. The van der Waals surface area contributed by atoms with Gasteiger partial charge in [-0.25, -0.2) is 0 Å². The van der Waals surface area contributed by atoms with Crippen molar-refractivity contribution in [3.63, 3.8) is 0 Å². The monoisotopic (exact) mass is 454 g/mol. The Morgan fingerprint density at radius 1 is 1.00 bits per heavy atom. The fraction of sp³-hybridized carbons (Fsp3) is 0.217. The second-order valence-electron chi connectivity index (χ2n) is 7.01. The molecular weight excluding hydrogens is 432 g/mol. The van der Waals surface area contributed by atoms with E-state index >= 15 is 0 Å². The standard InChI is InChI=1S/C23H23BrN2O3/c1-15(2)23(28)26-18-10-7-16(8-11-18)13-25-21(27)14-29-20-12-9-17-5-3-4-6-19(17)22(20)24/h3-12,15H,13-14H2,1-2H3,(H,25,27)(H,26,28). The van der Waals surface area contributed by atoms with Gasteiger partial charge in [0.15, 0.2) is 6.61 Å². The molecule has 0 spiro atoms. The summed E-state index contributed by atoms with van der Waals surface area (Å²) >= 11 is 3.55. The van der Waals surface area contributed by atoms with Crippen molar-refractivity contribution in [1.82, 2.24) is 5.32 Å². The van der Waals surface area contributed by atoms with Gasteiger partial charge in [0.2, 0.25) is 5.91 Å². The summed E-state index contributed by atoms with van der Waals surface area (Å²) in [5.74, 6) is 0.325.